The minimum absolute atomic E-state index is 0.223. The molecule has 0 aliphatic heterocycles. The standard InChI is InChI=1S/C14H10ClN5OS/c1-7(19-14-18-6-10(4-16)22-14)11-3-8-2-9(15)5-17-12(8)20-13(11)21/h2-3,5-7H,1H3,(H,18,19)(H,17,20,21). The number of H-pyrrole nitrogens is 1. The summed E-state index contributed by atoms with van der Waals surface area (Å²) in [4.78, 5) is 23.6. The molecule has 8 heteroatoms. The van der Waals surface area contributed by atoms with E-state index in [9.17, 15) is 4.79 Å². The minimum atomic E-state index is -0.273. The zero-order valence-electron chi connectivity index (χ0n) is 11.4. The number of anilines is 1. The fourth-order valence-electron chi connectivity index (χ4n) is 2.06. The molecule has 0 fully saturated rings. The number of nitrogens with zero attached hydrogens (tertiary/aromatic N) is 3. The molecule has 22 heavy (non-hydrogen) atoms. The molecule has 0 amide bonds. The fourth-order valence-corrected chi connectivity index (χ4v) is 2.93. The van der Waals surface area contributed by atoms with Gasteiger partial charge in [-0.25, -0.2) is 9.97 Å². The maximum absolute atomic E-state index is 12.2. The number of rotatable bonds is 3. The number of nitriles is 1. The first-order valence-corrected chi connectivity index (χ1v) is 7.57. The zero-order valence-corrected chi connectivity index (χ0v) is 13.0. The third-order valence-electron chi connectivity index (χ3n) is 3.11. The maximum Gasteiger partial charge on any atom is 0.254 e. The lowest BCUT2D eigenvalue weighted by molar-refractivity contribution is 0.862. The van der Waals surface area contributed by atoms with Crippen LogP contribution in [0, 0.1) is 11.3 Å². The van der Waals surface area contributed by atoms with Crippen molar-refractivity contribution in [3.8, 4) is 6.07 Å². The molecule has 6 nitrogen and oxygen atoms in total. The largest absolute Gasteiger partial charge is 0.355 e. The summed E-state index contributed by atoms with van der Waals surface area (Å²) in [5, 5.41) is 13.8. The van der Waals surface area contributed by atoms with Crippen molar-refractivity contribution in [2.24, 2.45) is 0 Å². The van der Waals surface area contributed by atoms with Crippen LogP contribution >= 0.6 is 22.9 Å². The molecule has 0 aromatic carbocycles. The number of aromatic amines is 1. The Morgan fingerprint density at radius 3 is 2.95 bits per heavy atom. The smallest absolute Gasteiger partial charge is 0.254 e. The van der Waals surface area contributed by atoms with E-state index >= 15 is 0 Å². The van der Waals surface area contributed by atoms with Gasteiger partial charge in [-0.2, -0.15) is 5.26 Å². The Labute approximate surface area is 134 Å². The lowest BCUT2D eigenvalue weighted by Crippen LogP contribution is -2.19. The summed E-state index contributed by atoms with van der Waals surface area (Å²) in [6.07, 6.45) is 2.98. The Kier molecular flexibility index (Phi) is 3.79. The normalized spacial score (nSPS) is 12.0. The van der Waals surface area contributed by atoms with Crippen molar-refractivity contribution in [1.29, 1.82) is 5.26 Å². The number of nitrogens with one attached hydrogen (secondary N) is 2. The van der Waals surface area contributed by atoms with Crippen LogP contribution in [-0.4, -0.2) is 15.0 Å². The second-order valence-electron chi connectivity index (χ2n) is 4.65. The van der Waals surface area contributed by atoms with Gasteiger partial charge in [0.15, 0.2) is 5.13 Å². The SMILES string of the molecule is CC(Nc1ncc(C#N)s1)c1cc2cc(Cl)cnc2[nH]c1=O. The molecule has 0 spiro atoms. The van der Waals surface area contributed by atoms with Gasteiger partial charge in [-0.05, 0) is 19.1 Å². The average molecular weight is 332 g/mol. The number of thiazole rings is 1. The Hall–Kier alpha value is -2.43. The molecule has 3 aromatic heterocycles. The van der Waals surface area contributed by atoms with E-state index < -0.39 is 0 Å². The maximum atomic E-state index is 12.2. The van der Waals surface area contributed by atoms with Crippen LogP contribution < -0.4 is 10.9 Å². The van der Waals surface area contributed by atoms with Crippen molar-refractivity contribution in [3.05, 3.63) is 50.3 Å². The van der Waals surface area contributed by atoms with Crippen molar-refractivity contribution < 1.29 is 0 Å². The number of hydrogen-bond acceptors (Lipinski definition) is 6. The second-order valence-corrected chi connectivity index (χ2v) is 6.12. The van der Waals surface area contributed by atoms with Crippen molar-refractivity contribution in [3.63, 3.8) is 0 Å². The summed E-state index contributed by atoms with van der Waals surface area (Å²) in [6, 6.07) is 5.25. The molecule has 0 bridgehead atoms. The van der Waals surface area contributed by atoms with E-state index in [-0.39, 0.29) is 11.6 Å². The number of hydrogen-bond donors (Lipinski definition) is 2. The molecule has 3 aromatic rings. The number of halogens is 1. The van der Waals surface area contributed by atoms with E-state index in [1.165, 1.54) is 23.7 Å². The molecule has 0 saturated heterocycles. The molecular weight excluding hydrogens is 322 g/mol. The highest BCUT2D eigenvalue weighted by atomic mass is 35.5. The highest BCUT2D eigenvalue weighted by Crippen LogP contribution is 2.23. The highest BCUT2D eigenvalue weighted by Gasteiger charge is 2.13. The van der Waals surface area contributed by atoms with Crippen molar-refractivity contribution in [2.45, 2.75) is 13.0 Å². The van der Waals surface area contributed by atoms with Crippen LogP contribution in [-0.2, 0) is 0 Å². The first kappa shape index (κ1) is 14.5. The molecule has 3 heterocycles. The van der Waals surface area contributed by atoms with Crippen LogP contribution in [0.4, 0.5) is 5.13 Å². The van der Waals surface area contributed by atoms with E-state index in [1.807, 2.05) is 13.0 Å². The van der Waals surface area contributed by atoms with Gasteiger partial charge in [0.2, 0.25) is 0 Å². The van der Waals surface area contributed by atoms with Crippen molar-refractivity contribution >= 4 is 39.1 Å². The van der Waals surface area contributed by atoms with Crippen LogP contribution in [0.3, 0.4) is 0 Å². The van der Waals surface area contributed by atoms with Crippen LogP contribution in [0.1, 0.15) is 23.4 Å². The molecule has 1 atom stereocenters. The number of pyridine rings is 2. The Balaban J connectivity index is 1.96. The van der Waals surface area contributed by atoms with Gasteiger partial charge in [0.05, 0.1) is 17.3 Å². The molecule has 0 saturated carbocycles. The molecule has 2 N–H and O–H groups in total. The number of aromatic nitrogens is 3. The predicted octanol–water partition coefficient (Wildman–Crippen LogP) is 3.08. The van der Waals surface area contributed by atoms with E-state index in [1.54, 1.807) is 12.1 Å². The molecule has 0 aliphatic rings. The predicted molar refractivity (Wildman–Crippen MR) is 86.2 cm³/mol. The Bertz CT molecular complexity index is 942. The molecule has 1 unspecified atom stereocenters. The summed E-state index contributed by atoms with van der Waals surface area (Å²) < 4.78 is 0. The minimum Gasteiger partial charge on any atom is -0.355 e. The Morgan fingerprint density at radius 1 is 1.41 bits per heavy atom. The molecule has 3 rings (SSSR count). The third kappa shape index (κ3) is 2.79. The summed E-state index contributed by atoms with van der Waals surface area (Å²) >= 11 is 7.17. The summed E-state index contributed by atoms with van der Waals surface area (Å²) in [5.74, 6) is 0. The van der Waals surface area contributed by atoms with E-state index in [0.717, 1.165) is 5.39 Å². The lowest BCUT2D eigenvalue weighted by atomic mass is 10.1. The van der Waals surface area contributed by atoms with Gasteiger partial charge in [-0.1, -0.05) is 22.9 Å². The first-order valence-electron chi connectivity index (χ1n) is 6.38. The lowest BCUT2D eigenvalue weighted by Gasteiger charge is -2.13. The second kappa shape index (κ2) is 5.75. The molecular formula is C14H10ClN5OS. The first-order chi connectivity index (χ1) is 10.6. The van der Waals surface area contributed by atoms with Crippen LogP contribution in [0.15, 0.2) is 29.3 Å². The van der Waals surface area contributed by atoms with Crippen molar-refractivity contribution in [2.75, 3.05) is 5.32 Å². The molecule has 0 aliphatic carbocycles. The van der Waals surface area contributed by atoms with E-state index in [2.05, 4.69) is 20.3 Å². The van der Waals surface area contributed by atoms with Gasteiger partial charge >= 0.3 is 0 Å². The number of fused-ring (bicyclic) bond motifs is 1. The highest BCUT2D eigenvalue weighted by molar-refractivity contribution is 7.16. The topological polar surface area (TPSA) is 94.5 Å². The van der Waals surface area contributed by atoms with E-state index in [0.29, 0.717) is 26.2 Å². The van der Waals surface area contributed by atoms with Gasteiger partial charge in [0.1, 0.15) is 16.6 Å². The van der Waals surface area contributed by atoms with Crippen molar-refractivity contribution in [1.82, 2.24) is 15.0 Å². The van der Waals surface area contributed by atoms with Gasteiger partial charge in [0, 0.05) is 17.1 Å². The van der Waals surface area contributed by atoms with Gasteiger partial charge in [-0.15, -0.1) is 0 Å². The Morgan fingerprint density at radius 2 is 2.23 bits per heavy atom. The van der Waals surface area contributed by atoms with Crippen LogP contribution in [0.2, 0.25) is 5.02 Å². The van der Waals surface area contributed by atoms with E-state index in [4.69, 9.17) is 16.9 Å². The quantitative estimate of drug-likeness (QED) is 0.769. The molecule has 0 radical (unpaired) electrons. The molecule has 110 valence electrons. The third-order valence-corrected chi connectivity index (χ3v) is 4.15. The fraction of sp³-hybridized carbons (Fsp3) is 0.143. The summed E-state index contributed by atoms with van der Waals surface area (Å²) in [5.41, 5.74) is 0.816. The monoisotopic (exact) mass is 331 g/mol. The average Bonchev–Trinajstić information content (AvgIpc) is 2.94. The van der Waals surface area contributed by atoms with Gasteiger partial charge in [0.25, 0.3) is 5.56 Å². The van der Waals surface area contributed by atoms with Crippen LogP contribution in [0.5, 0.6) is 0 Å². The van der Waals surface area contributed by atoms with Gasteiger partial charge in [-0.3, -0.25) is 4.79 Å². The van der Waals surface area contributed by atoms with Crippen LogP contribution in [0.25, 0.3) is 11.0 Å². The summed E-state index contributed by atoms with van der Waals surface area (Å²) in [7, 11) is 0. The zero-order chi connectivity index (χ0) is 15.7. The summed E-state index contributed by atoms with van der Waals surface area (Å²) in [6.45, 7) is 1.85. The van der Waals surface area contributed by atoms with Gasteiger partial charge < -0.3 is 10.3 Å².